The van der Waals surface area contributed by atoms with Crippen LogP contribution in [0.3, 0.4) is 0 Å². The molecule has 0 bridgehead atoms. The van der Waals surface area contributed by atoms with Crippen molar-refractivity contribution in [1.82, 2.24) is 0 Å². The quantitative estimate of drug-likeness (QED) is 0.363. The maximum atomic E-state index is 10.6. The predicted molar refractivity (Wildman–Crippen MR) is 48.2 cm³/mol. The fourth-order valence-corrected chi connectivity index (χ4v) is 0.685. The van der Waals surface area contributed by atoms with Crippen LogP contribution in [0.25, 0.3) is 0 Å². The first-order chi connectivity index (χ1) is 5.81. The highest BCUT2D eigenvalue weighted by Crippen LogP contribution is 1.96. The second kappa shape index (κ2) is 8.13. The van der Waals surface area contributed by atoms with Gasteiger partial charge in [0.05, 0.1) is 7.11 Å². The van der Waals surface area contributed by atoms with Crippen molar-refractivity contribution in [2.45, 2.75) is 32.1 Å². The molecule has 0 rings (SSSR count). The third-order valence-corrected chi connectivity index (χ3v) is 1.39. The van der Waals surface area contributed by atoms with Gasteiger partial charge in [0.15, 0.2) is 0 Å². The molecule has 0 saturated carbocycles. The number of carbonyl (C=O) groups excluding carboxylic acids is 1. The fourth-order valence-electron chi connectivity index (χ4n) is 0.685. The van der Waals surface area contributed by atoms with Crippen molar-refractivity contribution in [2.24, 2.45) is 0 Å². The van der Waals surface area contributed by atoms with Crippen LogP contribution in [0.1, 0.15) is 32.1 Å². The minimum atomic E-state index is -0.264. The number of esters is 1. The number of unbranched alkanes of at least 4 members (excludes halogenated alkanes) is 3. The summed E-state index contributed by atoms with van der Waals surface area (Å²) in [6.45, 7) is 3.72. The molecule has 0 aromatic heterocycles. The van der Waals surface area contributed by atoms with Gasteiger partial charge in [-0.1, -0.05) is 25.7 Å². The largest absolute Gasteiger partial charge is 0.468 e. The number of methoxy groups -OCH3 is 1. The smallest absolute Gasteiger partial charge is 0.317 e. The molecule has 0 aromatic rings. The lowest BCUT2D eigenvalue weighted by molar-refractivity contribution is -0.139. The Morgan fingerprint density at radius 1 is 1.42 bits per heavy atom. The standard InChI is InChI=1S/C10H15O2/c1-3-4-5-6-7-8-9-10(11)12-2/h1,3-6,9H2,2H3. The van der Waals surface area contributed by atoms with E-state index in [1.807, 2.05) is 0 Å². The van der Waals surface area contributed by atoms with Crippen LogP contribution in [0.5, 0.6) is 0 Å². The van der Waals surface area contributed by atoms with Gasteiger partial charge in [0.25, 0.3) is 0 Å². The van der Waals surface area contributed by atoms with E-state index in [2.05, 4.69) is 23.5 Å². The minimum Gasteiger partial charge on any atom is -0.468 e. The monoisotopic (exact) mass is 167 g/mol. The maximum Gasteiger partial charge on any atom is 0.317 e. The molecule has 67 valence electrons. The zero-order chi connectivity index (χ0) is 9.23. The van der Waals surface area contributed by atoms with Gasteiger partial charge in [0, 0.05) is 6.42 Å². The first-order valence-corrected chi connectivity index (χ1v) is 4.13. The highest BCUT2D eigenvalue weighted by molar-refractivity contribution is 5.72. The summed E-state index contributed by atoms with van der Waals surface area (Å²) in [6.07, 6.45) is 4.19. The molecule has 0 unspecified atom stereocenters. The van der Waals surface area contributed by atoms with Crippen LogP contribution in [0.15, 0.2) is 0 Å². The van der Waals surface area contributed by atoms with Crippen molar-refractivity contribution in [3.63, 3.8) is 0 Å². The summed E-state index contributed by atoms with van der Waals surface area (Å²) < 4.78 is 4.43. The van der Waals surface area contributed by atoms with Crippen molar-refractivity contribution in [2.75, 3.05) is 7.11 Å². The summed E-state index contributed by atoms with van der Waals surface area (Å²) in [6, 6.07) is 0. The Morgan fingerprint density at radius 3 is 2.75 bits per heavy atom. The van der Waals surface area contributed by atoms with Gasteiger partial charge in [0.2, 0.25) is 0 Å². The summed E-state index contributed by atoms with van der Waals surface area (Å²) in [5.41, 5.74) is 0. The molecule has 0 spiro atoms. The molecule has 0 aliphatic rings. The molecule has 0 aliphatic carbocycles. The lowest BCUT2D eigenvalue weighted by atomic mass is 10.2. The summed E-state index contributed by atoms with van der Waals surface area (Å²) in [5, 5.41) is 0. The lowest BCUT2D eigenvalue weighted by Crippen LogP contribution is -1.96. The Kier molecular flexibility index (Phi) is 7.47. The zero-order valence-corrected chi connectivity index (χ0v) is 7.56. The Labute approximate surface area is 74.3 Å². The van der Waals surface area contributed by atoms with Gasteiger partial charge in [-0.3, -0.25) is 4.79 Å². The average Bonchev–Trinajstić information content (AvgIpc) is 2.10. The van der Waals surface area contributed by atoms with Gasteiger partial charge >= 0.3 is 5.97 Å². The van der Waals surface area contributed by atoms with Gasteiger partial charge in [0.1, 0.15) is 6.42 Å². The molecule has 2 nitrogen and oxygen atoms in total. The zero-order valence-electron chi connectivity index (χ0n) is 7.56. The third kappa shape index (κ3) is 7.14. The molecule has 0 fully saturated rings. The number of hydrogen-bond acceptors (Lipinski definition) is 2. The first kappa shape index (κ1) is 11.0. The van der Waals surface area contributed by atoms with E-state index in [1.54, 1.807) is 0 Å². The normalized spacial score (nSPS) is 8.50. The van der Waals surface area contributed by atoms with E-state index >= 15 is 0 Å². The van der Waals surface area contributed by atoms with E-state index in [-0.39, 0.29) is 12.4 Å². The van der Waals surface area contributed by atoms with Crippen LogP contribution < -0.4 is 0 Å². The fraction of sp³-hybridized carbons (Fsp3) is 0.600. The van der Waals surface area contributed by atoms with Crippen LogP contribution in [0, 0.1) is 18.8 Å². The Bertz CT molecular complexity index is 174. The second-order valence-electron chi connectivity index (χ2n) is 2.42. The van der Waals surface area contributed by atoms with Crippen LogP contribution >= 0.6 is 0 Å². The molecule has 0 atom stereocenters. The van der Waals surface area contributed by atoms with E-state index in [0.717, 1.165) is 25.7 Å². The van der Waals surface area contributed by atoms with E-state index in [1.165, 1.54) is 7.11 Å². The van der Waals surface area contributed by atoms with Crippen molar-refractivity contribution >= 4 is 5.97 Å². The van der Waals surface area contributed by atoms with Crippen molar-refractivity contribution in [3.05, 3.63) is 6.92 Å². The van der Waals surface area contributed by atoms with E-state index in [4.69, 9.17) is 0 Å². The summed E-state index contributed by atoms with van der Waals surface area (Å²) in [4.78, 5) is 10.6. The van der Waals surface area contributed by atoms with Crippen molar-refractivity contribution in [3.8, 4) is 11.8 Å². The van der Waals surface area contributed by atoms with Crippen LogP contribution in [0.2, 0.25) is 0 Å². The summed E-state index contributed by atoms with van der Waals surface area (Å²) >= 11 is 0. The molecule has 0 saturated heterocycles. The van der Waals surface area contributed by atoms with Gasteiger partial charge in [-0.05, 0) is 6.42 Å². The molecule has 0 aliphatic heterocycles. The second-order valence-corrected chi connectivity index (χ2v) is 2.42. The summed E-state index contributed by atoms with van der Waals surface area (Å²) in [7, 11) is 1.37. The lowest BCUT2D eigenvalue weighted by Gasteiger charge is -1.90. The van der Waals surface area contributed by atoms with Gasteiger partial charge in [-0.2, -0.15) is 0 Å². The molecular formula is C10H15O2. The number of hydrogen-bond donors (Lipinski definition) is 0. The topological polar surface area (TPSA) is 26.3 Å². The van der Waals surface area contributed by atoms with Gasteiger partial charge < -0.3 is 4.74 Å². The Balaban J connectivity index is 3.28. The predicted octanol–water partition coefficient (Wildman–Crippen LogP) is 1.95. The van der Waals surface area contributed by atoms with Crippen LogP contribution in [-0.4, -0.2) is 13.1 Å². The Morgan fingerprint density at radius 2 is 2.17 bits per heavy atom. The number of ether oxygens (including phenoxy) is 1. The van der Waals surface area contributed by atoms with E-state index in [0.29, 0.717) is 0 Å². The molecule has 2 heteroatoms. The molecule has 0 heterocycles. The Hall–Kier alpha value is -0.970. The SMILES string of the molecule is [CH2]CCCCC#CCC(=O)OC. The van der Waals surface area contributed by atoms with E-state index < -0.39 is 0 Å². The van der Waals surface area contributed by atoms with Crippen LogP contribution in [-0.2, 0) is 9.53 Å². The third-order valence-electron chi connectivity index (χ3n) is 1.39. The molecule has 0 amide bonds. The minimum absolute atomic E-state index is 0.209. The molecular weight excluding hydrogens is 152 g/mol. The molecule has 0 N–H and O–H groups in total. The van der Waals surface area contributed by atoms with Gasteiger partial charge in [-0.25, -0.2) is 0 Å². The van der Waals surface area contributed by atoms with Crippen molar-refractivity contribution < 1.29 is 9.53 Å². The number of carbonyl (C=O) groups is 1. The highest BCUT2D eigenvalue weighted by atomic mass is 16.5. The van der Waals surface area contributed by atoms with Gasteiger partial charge in [-0.15, -0.1) is 5.92 Å². The van der Waals surface area contributed by atoms with Crippen LogP contribution in [0.4, 0.5) is 0 Å². The number of rotatable bonds is 4. The average molecular weight is 167 g/mol. The molecule has 12 heavy (non-hydrogen) atoms. The summed E-state index contributed by atoms with van der Waals surface area (Å²) in [5.74, 6) is 5.39. The molecule has 0 aromatic carbocycles. The maximum absolute atomic E-state index is 10.6. The molecule has 1 radical (unpaired) electrons. The van der Waals surface area contributed by atoms with E-state index in [9.17, 15) is 4.79 Å². The highest BCUT2D eigenvalue weighted by Gasteiger charge is 1.92. The first-order valence-electron chi connectivity index (χ1n) is 4.13. The van der Waals surface area contributed by atoms with Crippen molar-refractivity contribution in [1.29, 1.82) is 0 Å².